The standard InChI is InChI=1S/C15H14N3O.C5H5.Fe/c1-11(19)18-15(13-7-4-8-16-10-13)9-14(17-18)12-5-2-3-6-12;1-2-4-5-3-1;/h2-8,10,15H,9H2,1H3;1-5H;/q2*-1;+2. The Kier molecular flexibility index (Phi) is 6.87. The Hall–Kier alpha value is -2.49. The normalized spacial score (nSPS) is 17.6. The van der Waals surface area contributed by atoms with Crippen molar-refractivity contribution in [3.05, 3.63) is 101 Å². The third kappa shape index (κ3) is 4.75. The van der Waals surface area contributed by atoms with Crippen LogP contribution in [0.5, 0.6) is 0 Å². The van der Waals surface area contributed by atoms with Crippen LogP contribution in [0.2, 0.25) is 0 Å². The number of hydrogen-bond acceptors (Lipinski definition) is 2. The molecule has 1 saturated heterocycles. The summed E-state index contributed by atoms with van der Waals surface area (Å²) in [6.45, 7) is 1.54. The summed E-state index contributed by atoms with van der Waals surface area (Å²) < 4.78 is 0. The van der Waals surface area contributed by atoms with E-state index in [1.807, 2.05) is 66.8 Å². The van der Waals surface area contributed by atoms with Crippen molar-refractivity contribution >= 4 is 5.91 Å². The molecule has 25 heavy (non-hydrogen) atoms. The number of nitrogens with zero attached hydrogens (tertiary/aromatic N) is 3. The van der Waals surface area contributed by atoms with Crippen LogP contribution in [0.4, 0.5) is 0 Å². The molecule has 0 radical (unpaired) electrons. The zero-order valence-electron chi connectivity index (χ0n) is 13.9. The first-order chi connectivity index (χ1) is 11.8. The predicted octanol–water partition coefficient (Wildman–Crippen LogP) is 4.45. The maximum Gasteiger partial charge on any atom is 2.00 e. The Morgan fingerprint density at radius 3 is 2.48 bits per heavy atom. The fourth-order valence-corrected chi connectivity index (χ4v) is 2.69. The number of carbonyl (C=O) groups is 1. The molecular formula is C20H19FeN3O. The van der Waals surface area contributed by atoms with Crippen LogP contribution in [0, 0.1) is 0 Å². The molecule has 2 aliphatic rings. The predicted molar refractivity (Wildman–Crippen MR) is 94.8 cm³/mol. The molecule has 1 amide bonds. The van der Waals surface area contributed by atoms with Crippen molar-refractivity contribution < 1.29 is 21.9 Å². The van der Waals surface area contributed by atoms with Gasteiger partial charge in [0.05, 0.1) is 0 Å². The minimum Gasteiger partial charge on any atom is -0.595 e. The van der Waals surface area contributed by atoms with E-state index < -0.39 is 0 Å². The van der Waals surface area contributed by atoms with Gasteiger partial charge in [-0.25, -0.2) is 12.1 Å². The van der Waals surface area contributed by atoms with Crippen LogP contribution in [0.15, 0.2) is 90.4 Å². The van der Waals surface area contributed by atoms with Crippen LogP contribution in [0.25, 0.3) is 5.43 Å². The summed E-state index contributed by atoms with van der Waals surface area (Å²) >= 11 is 0. The van der Waals surface area contributed by atoms with Gasteiger partial charge in [-0.15, -0.1) is 5.70 Å². The van der Waals surface area contributed by atoms with Gasteiger partial charge < -0.3 is 10.4 Å². The quantitative estimate of drug-likeness (QED) is 0.548. The van der Waals surface area contributed by atoms with Crippen molar-refractivity contribution in [3.63, 3.8) is 0 Å². The fraction of sp³-hybridized carbons (Fsp3) is 0.150. The molecule has 0 spiro atoms. The molecule has 0 N–H and O–H groups in total. The van der Waals surface area contributed by atoms with Crippen molar-refractivity contribution in [2.75, 3.05) is 0 Å². The van der Waals surface area contributed by atoms with E-state index in [0.717, 1.165) is 23.3 Å². The Bertz CT molecular complexity index is 732. The van der Waals surface area contributed by atoms with Crippen molar-refractivity contribution in [2.45, 2.75) is 19.4 Å². The second-order valence-corrected chi connectivity index (χ2v) is 5.55. The Morgan fingerprint density at radius 2 is 1.96 bits per heavy atom. The van der Waals surface area contributed by atoms with Crippen molar-refractivity contribution in [3.8, 4) is 0 Å². The van der Waals surface area contributed by atoms with E-state index in [1.54, 1.807) is 24.3 Å². The maximum atomic E-state index is 11.7. The van der Waals surface area contributed by atoms with Crippen molar-refractivity contribution in [2.24, 2.45) is 0 Å². The average molecular weight is 373 g/mol. The molecule has 2 heterocycles. The van der Waals surface area contributed by atoms with Gasteiger partial charge >= 0.3 is 17.1 Å². The molecule has 2 aromatic rings. The van der Waals surface area contributed by atoms with Gasteiger partial charge in [-0.3, -0.25) is 9.78 Å². The van der Waals surface area contributed by atoms with E-state index in [9.17, 15) is 4.79 Å². The number of hydrogen-bond donors (Lipinski definition) is 0. The maximum absolute atomic E-state index is 11.7. The summed E-state index contributed by atoms with van der Waals surface area (Å²) in [5.41, 5.74) is 7.51. The number of amides is 1. The first-order valence-electron chi connectivity index (χ1n) is 7.91. The second kappa shape index (κ2) is 9.11. The first-order valence-corrected chi connectivity index (χ1v) is 7.91. The smallest absolute Gasteiger partial charge is 0.595 e. The first kappa shape index (κ1) is 18.8. The molecular weight excluding hydrogens is 354 g/mol. The van der Waals surface area contributed by atoms with E-state index in [2.05, 4.69) is 10.4 Å². The minimum atomic E-state index is -0.0459. The van der Waals surface area contributed by atoms with Crippen LogP contribution in [0.3, 0.4) is 0 Å². The Morgan fingerprint density at radius 1 is 1.24 bits per heavy atom. The number of allylic oxidation sites excluding steroid dienone is 5. The molecule has 1 aromatic carbocycles. The number of carbonyl (C=O) groups excluding carboxylic acids is 1. The largest absolute Gasteiger partial charge is 2.00 e. The number of rotatable bonds is 1. The zero-order valence-corrected chi connectivity index (χ0v) is 15.0. The van der Waals surface area contributed by atoms with E-state index in [4.69, 9.17) is 0 Å². The minimum absolute atomic E-state index is 0. The summed E-state index contributed by atoms with van der Waals surface area (Å²) in [5, 5.41) is 1.55. The van der Waals surface area contributed by atoms with E-state index in [-0.39, 0.29) is 29.0 Å². The number of aromatic nitrogens is 1. The van der Waals surface area contributed by atoms with Crippen LogP contribution in [0.1, 0.15) is 24.9 Å². The molecule has 1 aliphatic carbocycles. The summed E-state index contributed by atoms with van der Waals surface area (Å²) in [7, 11) is 0. The van der Waals surface area contributed by atoms with Gasteiger partial charge in [-0.05, 0) is 23.6 Å². The monoisotopic (exact) mass is 373 g/mol. The summed E-state index contributed by atoms with van der Waals surface area (Å²) in [5.74, 6) is -0.0459. The molecule has 1 atom stereocenters. The van der Waals surface area contributed by atoms with Crippen LogP contribution in [-0.4, -0.2) is 15.9 Å². The Balaban J connectivity index is 0.000000325. The van der Waals surface area contributed by atoms with Crippen molar-refractivity contribution in [1.82, 2.24) is 9.99 Å². The van der Waals surface area contributed by atoms with Crippen LogP contribution < -0.4 is 0 Å². The third-order valence-corrected chi connectivity index (χ3v) is 3.85. The van der Waals surface area contributed by atoms with Gasteiger partial charge in [0, 0.05) is 25.4 Å². The van der Waals surface area contributed by atoms with E-state index in [0.29, 0.717) is 0 Å². The zero-order chi connectivity index (χ0) is 16.8. The van der Waals surface area contributed by atoms with Gasteiger partial charge in [0.1, 0.15) is 0 Å². The molecule has 1 fully saturated rings. The van der Waals surface area contributed by atoms with E-state index >= 15 is 0 Å². The van der Waals surface area contributed by atoms with Gasteiger partial charge in [-0.2, -0.15) is 18.2 Å². The van der Waals surface area contributed by atoms with Gasteiger partial charge in [0.25, 0.3) is 0 Å². The molecule has 128 valence electrons. The third-order valence-electron chi connectivity index (χ3n) is 3.85. The molecule has 1 aliphatic heterocycles. The molecule has 5 heteroatoms. The Labute approximate surface area is 158 Å². The van der Waals surface area contributed by atoms with Crippen LogP contribution >= 0.6 is 0 Å². The topological polar surface area (TPSA) is 47.3 Å². The molecule has 1 aromatic heterocycles. The second-order valence-electron chi connectivity index (χ2n) is 5.55. The molecule has 4 rings (SSSR count). The van der Waals surface area contributed by atoms with Crippen molar-refractivity contribution in [1.29, 1.82) is 0 Å². The average Bonchev–Trinajstić information content (AvgIpc) is 3.37. The molecule has 0 saturated carbocycles. The van der Waals surface area contributed by atoms with Crippen LogP contribution in [-0.2, 0) is 21.9 Å². The summed E-state index contributed by atoms with van der Waals surface area (Å²) in [6.07, 6.45) is 12.3. The van der Waals surface area contributed by atoms with E-state index in [1.165, 1.54) is 0 Å². The molecule has 1 unspecified atom stereocenters. The number of pyridine rings is 1. The van der Waals surface area contributed by atoms with Gasteiger partial charge in [0.2, 0.25) is 5.91 Å². The summed E-state index contributed by atoms with van der Waals surface area (Å²) in [6, 6.07) is 13.8. The SMILES string of the molecule is CC(=O)N1[N-]C(=C2C=CC=C2)CC1c1cccnc1.[Fe+2].c1cc[cH-]c1. The fourth-order valence-electron chi connectivity index (χ4n) is 2.69. The molecule has 0 bridgehead atoms. The molecule has 4 nitrogen and oxygen atoms in total. The van der Waals surface area contributed by atoms with Gasteiger partial charge in [0.15, 0.2) is 0 Å². The summed E-state index contributed by atoms with van der Waals surface area (Å²) in [4.78, 5) is 15.9. The van der Waals surface area contributed by atoms with Gasteiger partial charge in [-0.1, -0.05) is 30.4 Å².